The van der Waals surface area contributed by atoms with E-state index in [1.807, 2.05) is 36.4 Å². The van der Waals surface area contributed by atoms with Crippen molar-refractivity contribution in [1.29, 1.82) is 0 Å². The number of ether oxygens (including phenoxy) is 1. The van der Waals surface area contributed by atoms with Crippen LogP contribution in [0.4, 0.5) is 0 Å². The molecular weight excluding hydrogens is 426 g/mol. The van der Waals surface area contributed by atoms with Crippen LogP contribution in [-0.4, -0.2) is 30.0 Å². The Balaban J connectivity index is 1.44. The van der Waals surface area contributed by atoms with Crippen molar-refractivity contribution < 1.29 is 19.5 Å². The van der Waals surface area contributed by atoms with Crippen molar-refractivity contribution >= 4 is 12.2 Å². The van der Waals surface area contributed by atoms with Gasteiger partial charge in [-0.15, -0.1) is 0 Å². The minimum absolute atomic E-state index is 0.0555. The summed E-state index contributed by atoms with van der Waals surface area (Å²) < 4.78 is 5.73. The van der Waals surface area contributed by atoms with Gasteiger partial charge in [0, 0.05) is 12.1 Å². The molecule has 5 nitrogen and oxygen atoms in total. The van der Waals surface area contributed by atoms with Crippen LogP contribution < -0.4 is 0 Å². The first-order valence-corrected chi connectivity index (χ1v) is 12.8. The van der Waals surface area contributed by atoms with Crippen LogP contribution in [0.15, 0.2) is 65.8 Å². The quantitative estimate of drug-likeness (QED) is 0.257. The Morgan fingerprint density at radius 1 is 0.912 bits per heavy atom. The minimum atomic E-state index is -0.882. The zero-order chi connectivity index (χ0) is 23.6. The zero-order valence-corrected chi connectivity index (χ0v) is 19.9. The first-order valence-electron chi connectivity index (χ1n) is 12.8. The van der Waals surface area contributed by atoms with Gasteiger partial charge in [-0.1, -0.05) is 97.9 Å². The van der Waals surface area contributed by atoms with Crippen molar-refractivity contribution in [3.63, 3.8) is 0 Å². The van der Waals surface area contributed by atoms with E-state index in [0.717, 1.165) is 36.8 Å². The Bertz CT molecular complexity index is 861. The van der Waals surface area contributed by atoms with Crippen molar-refractivity contribution in [2.24, 2.45) is 22.9 Å². The number of carboxylic acids is 1. The molecule has 2 aliphatic carbocycles. The molecule has 5 heteroatoms. The van der Waals surface area contributed by atoms with Gasteiger partial charge >= 0.3 is 5.97 Å². The number of nitrogens with zero attached hydrogens (tertiary/aromatic N) is 1. The van der Waals surface area contributed by atoms with Crippen molar-refractivity contribution in [2.45, 2.75) is 70.0 Å². The molecule has 182 valence electrons. The van der Waals surface area contributed by atoms with Crippen LogP contribution in [-0.2, 0) is 14.4 Å². The summed E-state index contributed by atoms with van der Waals surface area (Å²) in [5.74, 6) is 0.621. The summed E-state index contributed by atoms with van der Waals surface area (Å²) in [7, 11) is 0. The molecule has 0 saturated heterocycles. The number of aliphatic carboxylic acids is 1. The predicted molar refractivity (Wildman–Crippen MR) is 134 cm³/mol. The Labute approximate surface area is 203 Å². The molecule has 0 amide bonds. The summed E-state index contributed by atoms with van der Waals surface area (Å²) in [5.41, 5.74) is 2.18. The van der Waals surface area contributed by atoms with Crippen molar-refractivity contribution in [3.05, 3.63) is 71.8 Å². The molecule has 4 atom stereocenters. The van der Waals surface area contributed by atoms with Gasteiger partial charge < -0.3 is 14.7 Å². The molecule has 1 N–H and O–H groups in total. The van der Waals surface area contributed by atoms with Crippen molar-refractivity contribution in [2.75, 3.05) is 6.61 Å². The van der Waals surface area contributed by atoms with Crippen LogP contribution in [0, 0.1) is 17.8 Å². The van der Waals surface area contributed by atoms with E-state index < -0.39 is 5.97 Å². The van der Waals surface area contributed by atoms with Gasteiger partial charge in [0.25, 0.3) is 0 Å². The maximum atomic E-state index is 11.0. The van der Waals surface area contributed by atoms with E-state index in [9.17, 15) is 4.79 Å². The molecule has 0 bridgehead atoms. The fraction of sp³-hybridized carbons (Fsp3) is 0.517. The van der Waals surface area contributed by atoms with Gasteiger partial charge in [-0.2, -0.15) is 0 Å². The summed E-state index contributed by atoms with van der Waals surface area (Å²) in [4.78, 5) is 17.1. The number of benzene rings is 2. The highest BCUT2D eigenvalue weighted by atomic mass is 16.6. The fourth-order valence-corrected chi connectivity index (χ4v) is 5.78. The minimum Gasteiger partial charge on any atom is -0.480 e. The van der Waals surface area contributed by atoms with Gasteiger partial charge in [0.2, 0.25) is 0 Å². The first kappa shape index (κ1) is 24.5. The second-order valence-electron chi connectivity index (χ2n) is 9.78. The van der Waals surface area contributed by atoms with Crippen LogP contribution in [0.2, 0.25) is 0 Å². The molecule has 0 aromatic heterocycles. The van der Waals surface area contributed by atoms with Crippen LogP contribution in [0.25, 0.3) is 0 Å². The van der Waals surface area contributed by atoms with E-state index in [-0.39, 0.29) is 18.8 Å². The largest absolute Gasteiger partial charge is 0.480 e. The van der Waals surface area contributed by atoms with E-state index in [2.05, 4.69) is 35.6 Å². The lowest BCUT2D eigenvalue weighted by Crippen LogP contribution is -2.30. The SMILES string of the molecule is O=C(O)COC1CCCCC(C2CCCCC2C=NOC(c2ccccc2)c2ccccc2)C1. The summed E-state index contributed by atoms with van der Waals surface area (Å²) in [6.45, 7) is -0.193. The highest BCUT2D eigenvalue weighted by Crippen LogP contribution is 2.41. The Morgan fingerprint density at radius 2 is 1.53 bits per heavy atom. The number of carbonyl (C=O) groups is 1. The lowest BCUT2D eigenvalue weighted by Gasteiger charge is -2.36. The molecule has 4 unspecified atom stereocenters. The van der Waals surface area contributed by atoms with Crippen LogP contribution in [0.3, 0.4) is 0 Å². The second-order valence-corrected chi connectivity index (χ2v) is 9.78. The van der Waals surface area contributed by atoms with Crippen molar-refractivity contribution in [1.82, 2.24) is 0 Å². The molecule has 0 aliphatic heterocycles. The van der Waals surface area contributed by atoms with Crippen LogP contribution in [0.1, 0.15) is 75.0 Å². The maximum Gasteiger partial charge on any atom is 0.329 e. The summed E-state index contributed by atoms with van der Waals surface area (Å²) >= 11 is 0. The number of oxime groups is 1. The molecule has 2 saturated carbocycles. The summed E-state index contributed by atoms with van der Waals surface area (Å²) in [5, 5.41) is 13.6. The van der Waals surface area contributed by atoms with E-state index >= 15 is 0 Å². The third-order valence-electron chi connectivity index (χ3n) is 7.46. The third-order valence-corrected chi connectivity index (χ3v) is 7.46. The van der Waals surface area contributed by atoms with E-state index in [1.165, 1.54) is 32.1 Å². The highest BCUT2D eigenvalue weighted by Gasteiger charge is 2.34. The Morgan fingerprint density at radius 3 is 2.21 bits per heavy atom. The van der Waals surface area contributed by atoms with E-state index in [4.69, 9.17) is 14.7 Å². The molecule has 2 aliphatic rings. The maximum absolute atomic E-state index is 11.0. The molecule has 4 rings (SSSR count). The third kappa shape index (κ3) is 6.92. The predicted octanol–water partition coefficient (Wildman–Crippen LogP) is 6.63. The highest BCUT2D eigenvalue weighted by molar-refractivity contribution is 5.68. The van der Waals surface area contributed by atoms with Gasteiger partial charge in [-0.05, 0) is 48.6 Å². The molecule has 2 aromatic carbocycles. The monoisotopic (exact) mass is 463 g/mol. The standard InChI is InChI=1S/C29H37NO4/c31-28(32)21-33-26-17-9-7-15-24(19-26)27-18-10-8-16-25(27)20-30-34-29(22-11-3-1-4-12-22)23-13-5-2-6-14-23/h1-6,11-14,20,24-27,29H,7-10,15-19,21H2,(H,31,32). The zero-order valence-electron chi connectivity index (χ0n) is 19.9. The fourth-order valence-electron chi connectivity index (χ4n) is 5.78. The smallest absolute Gasteiger partial charge is 0.329 e. The van der Waals surface area contributed by atoms with Crippen LogP contribution in [0.5, 0.6) is 0 Å². The lowest BCUT2D eigenvalue weighted by molar-refractivity contribution is -0.144. The summed E-state index contributed by atoms with van der Waals surface area (Å²) in [6, 6.07) is 20.5. The molecule has 0 radical (unpaired) electrons. The molecule has 0 spiro atoms. The molecule has 0 heterocycles. The normalized spacial score (nSPS) is 25.8. The van der Waals surface area contributed by atoms with Gasteiger partial charge in [0.1, 0.15) is 6.61 Å². The molecule has 2 aromatic rings. The first-order chi connectivity index (χ1) is 16.7. The number of rotatable bonds is 9. The topological polar surface area (TPSA) is 68.1 Å². The Hall–Kier alpha value is -2.66. The molecule has 34 heavy (non-hydrogen) atoms. The molecule has 2 fully saturated rings. The van der Waals surface area contributed by atoms with Crippen LogP contribution >= 0.6 is 0 Å². The number of hydrogen-bond donors (Lipinski definition) is 1. The van der Waals surface area contributed by atoms with Crippen molar-refractivity contribution in [3.8, 4) is 0 Å². The van der Waals surface area contributed by atoms with Gasteiger partial charge in [-0.3, -0.25) is 0 Å². The van der Waals surface area contributed by atoms with Gasteiger partial charge in [-0.25, -0.2) is 4.79 Å². The lowest BCUT2D eigenvalue weighted by atomic mass is 9.70. The number of carboxylic acid groups (broad SMARTS) is 1. The average molecular weight is 464 g/mol. The summed E-state index contributed by atoms with van der Waals surface area (Å²) in [6.07, 6.45) is 12.1. The molecular formula is C29H37NO4. The average Bonchev–Trinajstić information content (AvgIpc) is 3.12. The van der Waals surface area contributed by atoms with E-state index in [0.29, 0.717) is 17.8 Å². The number of hydrogen-bond acceptors (Lipinski definition) is 4. The Kier molecular flexibility index (Phi) is 9.14. The van der Waals surface area contributed by atoms with E-state index in [1.54, 1.807) is 0 Å². The van der Waals surface area contributed by atoms with Gasteiger partial charge in [0.05, 0.1) is 6.10 Å². The second kappa shape index (κ2) is 12.7. The van der Waals surface area contributed by atoms with Gasteiger partial charge in [0.15, 0.2) is 6.10 Å².